The van der Waals surface area contributed by atoms with E-state index in [9.17, 15) is 4.79 Å². The van der Waals surface area contributed by atoms with E-state index in [0.29, 0.717) is 29.7 Å². The molecule has 0 atom stereocenters. The number of nitrogens with one attached hydrogen (secondary N) is 2. The number of hydrogen-bond donors (Lipinski definition) is 2. The number of carbonyl (C=O) groups excluding carboxylic acids is 1. The number of thiocarbonyl (C=S) groups is 1. The highest BCUT2D eigenvalue weighted by Gasteiger charge is 2.11. The molecule has 0 spiro atoms. The fraction of sp³-hybridized carbons (Fsp3) is 0.300. The molecule has 0 aromatic heterocycles. The zero-order chi connectivity index (χ0) is 18.9. The van der Waals surface area contributed by atoms with Crippen molar-refractivity contribution in [3.63, 3.8) is 0 Å². The Hall–Kier alpha value is -2.60. The van der Waals surface area contributed by atoms with Gasteiger partial charge in [-0.15, -0.1) is 0 Å². The molecule has 2 N–H and O–H groups in total. The molecule has 0 bridgehead atoms. The number of hydrogen-bond acceptors (Lipinski definition) is 4. The highest BCUT2D eigenvalue weighted by molar-refractivity contribution is 7.80. The molecule has 0 fully saturated rings. The smallest absolute Gasteiger partial charge is 0.264 e. The van der Waals surface area contributed by atoms with E-state index >= 15 is 0 Å². The van der Waals surface area contributed by atoms with Gasteiger partial charge >= 0.3 is 0 Å². The van der Waals surface area contributed by atoms with Gasteiger partial charge in [0.05, 0.1) is 12.3 Å². The molecule has 2 aromatic rings. The van der Waals surface area contributed by atoms with Crippen molar-refractivity contribution < 1.29 is 14.3 Å². The first-order valence-corrected chi connectivity index (χ1v) is 8.96. The van der Waals surface area contributed by atoms with Crippen LogP contribution in [-0.4, -0.2) is 24.2 Å². The molecule has 0 saturated heterocycles. The molecule has 5 nitrogen and oxygen atoms in total. The summed E-state index contributed by atoms with van der Waals surface area (Å²) in [6.45, 7) is 6.50. The van der Waals surface area contributed by atoms with Crippen molar-refractivity contribution in [3.05, 3.63) is 54.1 Å². The van der Waals surface area contributed by atoms with Gasteiger partial charge in [-0.3, -0.25) is 10.1 Å². The van der Waals surface area contributed by atoms with E-state index in [2.05, 4.69) is 24.5 Å². The monoisotopic (exact) mass is 372 g/mol. The Kier molecular flexibility index (Phi) is 7.41. The van der Waals surface area contributed by atoms with Crippen LogP contribution in [0, 0.1) is 0 Å². The average Bonchev–Trinajstić information content (AvgIpc) is 2.62. The maximum absolute atomic E-state index is 12.1. The fourth-order valence-electron chi connectivity index (χ4n) is 2.40. The Balaban J connectivity index is 1.89. The van der Waals surface area contributed by atoms with Crippen LogP contribution in [0.1, 0.15) is 32.3 Å². The normalized spacial score (nSPS) is 10.3. The second-order valence-corrected chi connectivity index (χ2v) is 6.32. The van der Waals surface area contributed by atoms with Crippen LogP contribution in [0.2, 0.25) is 0 Å². The molecule has 0 aliphatic heterocycles. The van der Waals surface area contributed by atoms with E-state index in [1.54, 1.807) is 0 Å². The topological polar surface area (TPSA) is 59.6 Å². The minimum Gasteiger partial charge on any atom is -0.492 e. The minimum absolute atomic E-state index is 0.112. The summed E-state index contributed by atoms with van der Waals surface area (Å²) in [7, 11) is 0. The largest absolute Gasteiger partial charge is 0.492 e. The Morgan fingerprint density at radius 1 is 1.04 bits per heavy atom. The molecule has 0 aliphatic carbocycles. The number of carbonyl (C=O) groups is 1. The second-order valence-electron chi connectivity index (χ2n) is 5.91. The Labute approximate surface area is 159 Å². The Morgan fingerprint density at radius 2 is 1.69 bits per heavy atom. The van der Waals surface area contributed by atoms with Crippen LogP contribution in [0.15, 0.2) is 48.5 Å². The predicted molar refractivity (Wildman–Crippen MR) is 108 cm³/mol. The van der Waals surface area contributed by atoms with Gasteiger partial charge in [0.1, 0.15) is 11.5 Å². The zero-order valence-corrected chi connectivity index (χ0v) is 16.1. The van der Waals surface area contributed by atoms with Crippen LogP contribution in [0.3, 0.4) is 0 Å². The number of para-hydroxylation sites is 3. The fourth-order valence-corrected chi connectivity index (χ4v) is 2.62. The molecule has 2 rings (SSSR count). The van der Waals surface area contributed by atoms with Crippen molar-refractivity contribution in [3.8, 4) is 11.5 Å². The van der Waals surface area contributed by atoms with E-state index in [1.165, 1.54) is 0 Å². The van der Waals surface area contributed by atoms with Crippen LogP contribution in [0.4, 0.5) is 5.69 Å². The maximum atomic E-state index is 12.1. The van der Waals surface area contributed by atoms with Crippen molar-refractivity contribution in [1.82, 2.24) is 5.32 Å². The average molecular weight is 372 g/mol. The molecular formula is C20H24N2O3S. The minimum atomic E-state index is -0.324. The highest BCUT2D eigenvalue weighted by atomic mass is 32.1. The van der Waals surface area contributed by atoms with Crippen molar-refractivity contribution in [2.75, 3.05) is 18.5 Å². The third-order valence-electron chi connectivity index (χ3n) is 3.59. The summed E-state index contributed by atoms with van der Waals surface area (Å²) < 4.78 is 11.2. The van der Waals surface area contributed by atoms with Gasteiger partial charge < -0.3 is 14.8 Å². The summed E-state index contributed by atoms with van der Waals surface area (Å²) >= 11 is 5.20. The van der Waals surface area contributed by atoms with Gasteiger partial charge in [-0.25, -0.2) is 0 Å². The lowest BCUT2D eigenvalue weighted by molar-refractivity contribution is -0.121. The standard InChI is InChI=1S/C20H24N2O3S/c1-4-24-18-12-8-6-10-16(18)21-20(26)22-19(23)13-25-17-11-7-5-9-15(17)14(2)3/h5-12,14H,4,13H2,1-3H3,(H2,21,22,23,26). The van der Waals surface area contributed by atoms with E-state index in [-0.39, 0.29) is 17.6 Å². The Morgan fingerprint density at radius 3 is 2.38 bits per heavy atom. The van der Waals surface area contributed by atoms with Gasteiger partial charge in [-0.1, -0.05) is 44.2 Å². The van der Waals surface area contributed by atoms with Crippen molar-refractivity contribution in [2.24, 2.45) is 0 Å². The van der Waals surface area contributed by atoms with Crippen molar-refractivity contribution in [1.29, 1.82) is 0 Å². The molecular weight excluding hydrogens is 348 g/mol. The lowest BCUT2D eigenvalue weighted by Gasteiger charge is -2.15. The van der Waals surface area contributed by atoms with Crippen molar-refractivity contribution >= 4 is 28.9 Å². The molecule has 138 valence electrons. The molecule has 26 heavy (non-hydrogen) atoms. The SMILES string of the molecule is CCOc1ccccc1NC(=S)NC(=O)COc1ccccc1C(C)C. The number of rotatable bonds is 7. The number of amides is 1. The van der Waals surface area contributed by atoms with Gasteiger partial charge in [-0.2, -0.15) is 0 Å². The quantitative estimate of drug-likeness (QED) is 0.717. The van der Waals surface area contributed by atoms with Gasteiger partial charge in [-0.05, 0) is 48.8 Å². The zero-order valence-electron chi connectivity index (χ0n) is 15.2. The third kappa shape index (κ3) is 5.74. The van der Waals surface area contributed by atoms with E-state index in [4.69, 9.17) is 21.7 Å². The predicted octanol–water partition coefficient (Wildman–Crippen LogP) is 4.10. The molecule has 0 aliphatic rings. The van der Waals surface area contributed by atoms with Gasteiger partial charge in [0.15, 0.2) is 11.7 Å². The highest BCUT2D eigenvalue weighted by Crippen LogP contribution is 2.26. The molecule has 0 saturated carbocycles. The summed E-state index contributed by atoms with van der Waals surface area (Å²) in [4.78, 5) is 12.1. The second kappa shape index (κ2) is 9.77. The van der Waals surface area contributed by atoms with E-state index < -0.39 is 0 Å². The van der Waals surface area contributed by atoms with Crippen LogP contribution in [0.25, 0.3) is 0 Å². The number of ether oxygens (including phenoxy) is 2. The van der Waals surface area contributed by atoms with Crippen LogP contribution >= 0.6 is 12.2 Å². The summed E-state index contributed by atoms with van der Waals surface area (Å²) in [5, 5.41) is 5.79. The first kappa shape index (κ1) is 19.7. The first-order valence-electron chi connectivity index (χ1n) is 8.55. The summed E-state index contributed by atoms with van der Waals surface area (Å²) in [5.41, 5.74) is 1.76. The van der Waals surface area contributed by atoms with Gasteiger partial charge in [0, 0.05) is 0 Å². The molecule has 6 heteroatoms. The number of benzene rings is 2. The maximum Gasteiger partial charge on any atom is 0.264 e. The lowest BCUT2D eigenvalue weighted by atomic mass is 10.0. The Bertz CT molecular complexity index is 762. The summed E-state index contributed by atoms with van der Waals surface area (Å²) in [6.07, 6.45) is 0. The van der Waals surface area contributed by atoms with Crippen LogP contribution in [-0.2, 0) is 4.79 Å². The molecule has 1 amide bonds. The molecule has 2 aromatic carbocycles. The van der Waals surface area contributed by atoms with E-state index in [1.807, 2.05) is 55.5 Å². The molecule has 0 heterocycles. The van der Waals surface area contributed by atoms with E-state index in [0.717, 1.165) is 5.56 Å². The van der Waals surface area contributed by atoms with Gasteiger partial charge in [0.2, 0.25) is 0 Å². The number of anilines is 1. The molecule has 0 radical (unpaired) electrons. The lowest BCUT2D eigenvalue weighted by Crippen LogP contribution is -2.37. The third-order valence-corrected chi connectivity index (χ3v) is 3.79. The van der Waals surface area contributed by atoms with Crippen LogP contribution in [0.5, 0.6) is 11.5 Å². The van der Waals surface area contributed by atoms with Gasteiger partial charge in [0.25, 0.3) is 5.91 Å². The molecule has 0 unspecified atom stereocenters. The first-order chi connectivity index (χ1) is 12.5. The van der Waals surface area contributed by atoms with Crippen LogP contribution < -0.4 is 20.1 Å². The summed E-state index contributed by atoms with van der Waals surface area (Å²) in [5.74, 6) is 1.37. The van der Waals surface area contributed by atoms with Crippen molar-refractivity contribution in [2.45, 2.75) is 26.7 Å². The summed E-state index contributed by atoms with van der Waals surface area (Å²) in [6, 6.07) is 15.1.